The van der Waals surface area contributed by atoms with Crippen LogP contribution in [0.25, 0.3) is 33.5 Å². The standard InChI is InChI=1S/C45H43N15O4/c1-55(2)38-17-10-29(19-46-38)37-16-15-33(60-40(37)52-44(54-60)50-32-13-8-28(9-14-32)42(64)58-25-35(62)26-58)22-56(3)45-47-20-30(21-48-45)36-5-4-18-59-39(36)51-43(53-59)49-31-11-6-27(7-12-31)41(63)57-23-34(61)24-57/h4-21,34-35,61-62H,22-26H2,1-3H3,(H,49,53)(H,50,54). The molecule has 2 saturated heterocycles. The molecule has 0 unspecified atom stereocenters. The summed E-state index contributed by atoms with van der Waals surface area (Å²) < 4.78 is 3.49. The van der Waals surface area contributed by atoms with Gasteiger partial charge in [-0.05, 0) is 84.9 Å². The summed E-state index contributed by atoms with van der Waals surface area (Å²) in [5.41, 5.74) is 7.85. The summed E-state index contributed by atoms with van der Waals surface area (Å²) in [7, 11) is 5.80. The second-order valence-corrected chi connectivity index (χ2v) is 16.1. The Kier molecular flexibility index (Phi) is 10.2. The van der Waals surface area contributed by atoms with Gasteiger partial charge in [-0.25, -0.2) is 24.0 Å². The zero-order valence-corrected chi connectivity index (χ0v) is 35.1. The van der Waals surface area contributed by atoms with Gasteiger partial charge in [-0.1, -0.05) is 0 Å². The summed E-state index contributed by atoms with van der Waals surface area (Å²) in [5.74, 6) is 1.85. The van der Waals surface area contributed by atoms with E-state index in [-0.39, 0.29) is 11.8 Å². The number of aliphatic hydroxyl groups excluding tert-OH is 2. The minimum Gasteiger partial charge on any atom is -0.389 e. The Hall–Kier alpha value is -8.03. The monoisotopic (exact) mass is 857 g/mol. The number of hydrogen-bond acceptors (Lipinski definition) is 15. The number of anilines is 6. The summed E-state index contributed by atoms with van der Waals surface area (Å²) in [5, 5.41) is 35.2. The molecule has 4 N–H and O–H groups in total. The minimum atomic E-state index is -0.465. The van der Waals surface area contributed by atoms with Crippen molar-refractivity contribution in [3.8, 4) is 22.3 Å². The van der Waals surface area contributed by atoms with E-state index < -0.39 is 12.2 Å². The van der Waals surface area contributed by atoms with Crippen molar-refractivity contribution in [2.45, 2.75) is 18.8 Å². The predicted molar refractivity (Wildman–Crippen MR) is 240 cm³/mol. The number of benzene rings is 2. The zero-order chi connectivity index (χ0) is 44.1. The van der Waals surface area contributed by atoms with Gasteiger partial charge in [-0.2, -0.15) is 9.97 Å². The second kappa shape index (κ2) is 16.3. The van der Waals surface area contributed by atoms with Crippen LogP contribution >= 0.6 is 0 Å². The quantitative estimate of drug-likeness (QED) is 0.136. The number of rotatable bonds is 12. The van der Waals surface area contributed by atoms with Crippen LogP contribution < -0.4 is 20.4 Å². The van der Waals surface area contributed by atoms with Crippen molar-refractivity contribution < 1.29 is 19.8 Å². The number of β-amino-alcohol motifs (C(OH)–C–C–N with tert-alkyl or cyclic N) is 2. The highest BCUT2D eigenvalue weighted by molar-refractivity contribution is 5.96. The molecule has 8 aromatic rings. The van der Waals surface area contributed by atoms with Crippen molar-refractivity contribution >= 4 is 58.1 Å². The third-order valence-electron chi connectivity index (χ3n) is 11.2. The number of aromatic nitrogens is 9. The summed E-state index contributed by atoms with van der Waals surface area (Å²) in [6.07, 6.45) is 6.24. The first-order valence-corrected chi connectivity index (χ1v) is 20.6. The Morgan fingerprint density at radius 2 is 1.22 bits per heavy atom. The van der Waals surface area contributed by atoms with E-state index in [0.29, 0.717) is 78.7 Å². The molecule has 2 amide bonds. The largest absolute Gasteiger partial charge is 0.389 e. The molecule has 6 aromatic heterocycles. The third-order valence-corrected chi connectivity index (χ3v) is 11.2. The number of carbonyl (C=O) groups is 2. The molecule has 2 aromatic carbocycles. The minimum absolute atomic E-state index is 0.114. The van der Waals surface area contributed by atoms with E-state index >= 15 is 0 Å². The van der Waals surface area contributed by atoms with Crippen LogP contribution in [0.4, 0.5) is 35.0 Å². The maximum atomic E-state index is 12.8. The first-order chi connectivity index (χ1) is 31.0. The molecular formula is C45H43N15O4. The number of pyridine rings is 3. The van der Waals surface area contributed by atoms with E-state index in [1.165, 1.54) is 0 Å². The van der Waals surface area contributed by atoms with Crippen LogP contribution in [0.15, 0.2) is 110 Å². The molecule has 10 rings (SSSR count). The highest BCUT2D eigenvalue weighted by Gasteiger charge is 2.30. The molecule has 2 aliphatic rings. The Morgan fingerprint density at radius 1 is 0.656 bits per heavy atom. The van der Waals surface area contributed by atoms with Crippen molar-refractivity contribution in [1.82, 2.24) is 53.9 Å². The number of hydrogen-bond donors (Lipinski definition) is 4. The van der Waals surface area contributed by atoms with Gasteiger partial charge in [-0.15, -0.1) is 10.2 Å². The van der Waals surface area contributed by atoms with Crippen molar-refractivity contribution in [3.63, 3.8) is 0 Å². The molecule has 0 saturated carbocycles. The number of fused-ring (bicyclic) bond motifs is 2. The molecule has 8 heterocycles. The van der Waals surface area contributed by atoms with Crippen molar-refractivity contribution in [3.05, 3.63) is 127 Å². The van der Waals surface area contributed by atoms with Gasteiger partial charge in [0, 0.05) is 117 Å². The van der Waals surface area contributed by atoms with Gasteiger partial charge in [0.15, 0.2) is 11.3 Å². The van der Waals surface area contributed by atoms with Gasteiger partial charge >= 0.3 is 0 Å². The average molecular weight is 858 g/mol. The SMILES string of the molecule is CN(C)c1ccc(-c2ccc(CN(C)c3ncc(-c4cccn5nc(Nc6ccc(C(=O)N7CC(O)C7)cc6)nc45)cn3)n3nc(Nc4ccc(C(=O)N5CC(O)C5)cc4)nc23)cn1. The summed E-state index contributed by atoms with van der Waals surface area (Å²) in [6, 6.07) is 26.0. The third kappa shape index (κ3) is 7.84. The van der Waals surface area contributed by atoms with Crippen LogP contribution in [-0.2, 0) is 6.54 Å². The van der Waals surface area contributed by atoms with Crippen LogP contribution in [0.5, 0.6) is 0 Å². The fourth-order valence-electron chi connectivity index (χ4n) is 7.63. The van der Waals surface area contributed by atoms with E-state index in [4.69, 9.17) is 25.0 Å². The van der Waals surface area contributed by atoms with Gasteiger partial charge in [0.25, 0.3) is 11.8 Å². The molecule has 19 nitrogen and oxygen atoms in total. The Bertz CT molecular complexity index is 3000. The normalized spacial score (nSPS) is 14.1. The molecule has 0 aliphatic carbocycles. The molecule has 64 heavy (non-hydrogen) atoms. The highest BCUT2D eigenvalue weighted by Crippen LogP contribution is 2.29. The van der Waals surface area contributed by atoms with E-state index in [9.17, 15) is 19.8 Å². The maximum absolute atomic E-state index is 12.8. The lowest BCUT2D eigenvalue weighted by Crippen LogP contribution is -2.53. The summed E-state index contributed by atoms with van der Waals surface area (Å²) in [4.78, 5) is 56.3. The van der Waals surface area contributed by atoms with Crippen LogP contribution in [0, 0.1) is 0 Å². The van der Waals surface area contributed by atoms with Crippen LogP contribution in [0.2, 0.25) is 0 Å². The Balaban J connectivity index is 0.871. The Labute approximate surface area is 366 Å². The topological polar surface area (TPSA) is 211 Å². The average Bonchev–Trinajstić information content (AvgIpc) is 3.91. The molecule has 19 heteroatoms. The first-order valence-electron chi connectivity index (χ1n) is 20.6. The van der Waals surface area contributed by atoms with Crippen molar-refractivity contribution in [2.24, 2.45) is 0 Å². The van der Waals surface area contributed by atoms with Gasteiger partial charge in [0.05, 0.1) is 24.4 Å². The van der Waals surface area contributed by atoms with Crippen LogP contribution in [0.1, 0.15) is 26.4 Å². The lowest BCUT2D eigenvalue weighted by molar-refractivity contribution is 0.00587. The number of likely N-dealkylation sites (tertiary alicyclic amines) is 2. The first kappa shape index (κ1) is 40.1. The van der Waals surface area contributed by atoms with Crippen molar-refractivity contribution in [1.29, 1.82) is 0 Å². The molecule has 2 fully saturated rings. The zero-order valence-electron chi connectivity index (χ0n) is 35.1. The number of aliphatic hydroxyl groups is 2. The number of nitrogens with one attached hydrogen (secondary N) is 2. The van der Waals surface area contributed by atoms with E-state index in [2.05, 4.69) is 20.7 Å². The fraction of sp³-hybridized carbons (Fsp3) is 0.222. The maximum Gasteiger partial charge on any atom is 0.254 e. The van der Waals surface area contributed by atoms with Gasteiger partial charge in [0.2, 0.25) is 17.8 Å². The number of carbonyl (C=O) groups excluding carboxylic acids is 2. The molecule has 2 aliphatic heterocycles. The summed E-state index contributed by atoms with van der Waals surface area (Å²) in [6.45, 7) is 1.77. The molecule has 0 bridgehead atoms. The van der Waals surface area contributed by atoms with Crippen molar-refractivity contribution in [2.75, 3.05) is 67.8 Å². The Morgan fingerprint density at radius 3 is 1.78 bits per heavy atom. The molecular weight excluding hydrogens is 815 g/mol. The predicted octanol–water partition coefficient (Wildman–Crippen LogP) is 4.11. The number of amides is 2. The van der Waals surface area contributed by atoms with Gasteiger partial charge in [0.1, 0.15) is 5.82 Å². The summed E-state index contributed by atoms with van der Waals surface area (Å²) >= 11 is 0. The molecule has 322 valence electrons. The van der Waals surface area contributed by atoms with Crippen LogP contribution in [-0.4, -0.2) is 136 Å². The molecule has 0 radical (unpaired) electrons. The fourth-order valence-corrected chi connectivity index (χ4v) is 7.63. The molecule has 0 spiro atoms. The smallest absolute Gasteiger partial charge is 0.254 e. The lowest BCUT2D eigenvalue weighted by Gasteiger charge is -2.35. The lowest BCUT2D eigenvalue weighted by atomic mass is 10.1. The van der Waals surface area contributed by atoms with Gasteiger partial charge in [-0.3, -0.25) is 9.59 Å². The highest BCUT2D eigenvalue weighted by atomic mass is 16.3. The van der Waals surface area contributed by atoms with E-state index in [0.717, 1.165) is 39.5 Å². The van der Waals surface area contributed by atoms with E-state index in [1.807, 2.05) is 91.9 Å². The second-order valence-electron chi connectivity index (χ2n) is 16.1. The van der Waals surface area contributed by atoms with Gasteiger partial charge < -0.3 is 40.4 Å². The van der Waals surface area contributed by atoms with E-state index in [1.54, 1.807) is 67.6 Å². The molecule has 0 atom stereocenters. The number of nitrogens with zero attached hydrogens (tertiary/aromatic N) is 13. The van der Waals surface area contributed by atoms with Crippen LogP contribution in [0.3, 0.4) is 0 Å².